The van der Waals surface area contributed by atoms with E-state index in [4.69, 9.17) is 0 Å². The van der Waals surface area contributed by atoms with Crippen LogP contribution >= 0.6 is 8.03 Å². The van der Waals surface area contributed by atoms with E-state index in [0.29, 0.717) is 6.16 Å². The molecule has 1 aliphatic rings. The number of hydrogen-bond acceptors (Lipinski definition) is 3. The van der Waals surface area contributed by atoms with E-state index in [1.807, 2.05) is 0 Å². The Kier molecular flexibility index (Phi) is 1.39. The van der Waals surface area contributed by atoms with Crippen LogP contribution in [0.3, 0.4) is 0 Å². The molecule has 1 heterocycles. The van der Waals surface area contributed by atoms with Crippen molar-refractivity contribution < 1.29 is 14.1 Å². The molecule has 4 heteroatoms. The standard InChI is InChI=1S/C3H4O3P/c4-7-3-1-2-5-6-7/h1-2H,3H2/q+1. The minimum atomic E-state index is -1.55. The Bertz CT molecular complexity index is 109. The van der Waals surface area contributed by atoms with Crippen molar-refractivity contribution in [2.45, 2.75) is 0 Å². The van der Waals surface area contributed by atoms with Gasteiger partial charge in [-0.3, -0.25) is 0 Å². The first-order valence-electron chi connectivity index (χ1n) is 1.83. The van der Waals surface area contributed by atoms with Gasteiger partial charge in [0.25, 0.3) is 0 Å². The fourth-order valence-electron chi connectivity index (χ4n) is 0.272. The zero-order chi connectivity index (χ0) is 5.11. The molecule has 0 aromatic carbocycles. The molecule has 0 saturated heterocycles. The highest BCUT2D eigenvalue weighted by Gasteiger charge is 2.19. The maximum absolute atomic E-state index is 10.2. The topological polar surface area (TPSA) is 35.5 Å². The lowest BCUT2D eigenvalue weighted by Gasteiger charge is -1.87. The maximum Gasteiger partial charge on any atom is 0.557 e. The first-order valence-corrected chi connectivity index (χ1v) is 3.19. The zero-order valence-electron chi connectivity index (χ0n) is 3.53. The van der Waals surface area contributed by atoms with Crippen molar-refractivity contribution in [1.82, 2.24) is 0 Å². The molecular formula is C3H4O3P+. The van der Waals surface area contributed by atoms with Gasteiger partial charge < -0.3 is 4.89 Å². The maximum atomic E-state index is 10.2. The molecule has 3 nitrogen and oxygen atoms in total. The van der Waals surface area contributed by atoms with Crippen molar-refractivity contribution in [2.24, 2.45) is 0 Å². The predicted octanol–water partition coefficient (Wildman–Crippen LogP) is 1.20. The van der Waals surface area contributed by atoms with Crippen molar-refractivity contribution in [3.8, 4) is 0 Å². The van der Waals surface area contributed by atoms with Crippen LogP contribution in [-0.2, 0) is 14.1 Å². The largest absolute Gasteiger partial charge is 0.557 e. The van der Waals surface area contributed by atoms with Crippen molar-refractivity contribution in [3.05, 3.63) is 12.3 Å². The average molecular weight is 119 g/mol. The summed E-state index contributed by atoms with van der Waals surface area (Å²) in [4.78, 5) is 4.22. The second-order valence-corrected chi connectivity index (χ2v) is 2.24. The van der Waals surface area contributed by atoms with Crippen LogP contribution in [0.5, 0.6) is 0 Å². The Morgan fingerprint density at radius 3 is 2.86 bits per heavy atom. The van der Waals surface area contributed by atoms with Crippen molar-refractivity contribution in [3.63, 3.8) is 0 Å². The van der Waals surface area contributed by atoms with Crippen LogP contribution in [0.15, 0.2) is 12.3 Å². The molecule has 0 spiro atoms. The van der Waals surface area contributed by atoms with E-state index in [1.54, 1.807) is 6.08 Å². The quantitative estimate of drug-likeness (QED) is 0.355. The van der Waals surface area contributed by atoms with Crippen LogP contribution in [0, 0.1) is 0 Å². The lowest BCUT2D eigenvalue weighted by molar-refractivity contribution is -0.145. The van der Waals surface area contributed by atoms with Gasteiger partial charge in [-0.25, -0.2) is 0 Å². The van der Waals surface area contributed by atoms with Crippen LogP contribution in [-0.4, -0.2) is 6.16 Å². The van der Waals surface area contributed by atoms with Crippen LogP contribution in [0.2, 0.25) is 0 Å². The van der Waals surface area contributed by atoms with Gasteiger partial charge in [-0.05, 0) is 4.57 Å². The molecule has 0 fully saturated rings. The molecule has 0 amide bonds. The summed E-state index contributed by atoms with van der Waals surface area (Å²) >= 11 is 0. The van der Waals surface area contributed by atoms with E-state index in [9.17, 15) is 4.57 Å². The molecule has 1 atom stereocenters. The molecule has 0 aliphatic carbocycles. The Morgan fingerprint density at radius 2 is 2.57 bits per heavy atom. The van der Waals surface area contributed by atoms with Crippen LogP contribution in [0.25, 0.3) is 0 Å². The summed E-state index contributed by atoms with van der Waals surface area (Å²) in [6.07, 6.45) is 3.49. The van der Waals surface area contributed by atoms with Crippen molar-refractivity contribution in [2.75, 3.05) is 6.16 Å². The van der Waals surface area contributed by atoms with Crippen molar-refractivity contribution >= 4 is 8.03 Å². The first kappa shape index (κ1) is 4.75. The highest BCUT2D eigenvalue weighted by atomic mass is 31.1. The van der Waals surface area contributed by atoms with Gasteiger partial charge in [0, 0.05) is 6.08 Å². The molecule has 7 heavy (non-hydrogen) atoms. The third-order valence-electron chi connectivity index (χ3n) is 0.532. The minimum absolute atomic E-state index is 0.468. The fourth-order valence-corrected chi connectivity index (χ4v) is 0.736. The minimum Gasteiger partial charge on any atom is -0.301 e. The second-order valence-electron chi connectivity index (χ2n) is 1.06. The summed E-state index contributed by atoms with van der Waals surface area (Å²) in [5.41, 5.74) is 0. The van der Waals surface area contributed by atoms with Crippen LogP contribution < -0.4 is 0 Å². The molecule has 0 aromatic heterocycles. The summed E-state index contributed by atoms with van der Waals surface area (Å²) in [5.74, 6) is 0. The third-order valence-corrected chi connectivity index (χ3v) is 1.29. The van der Waals surface area contributed by atoms with E-state index in [2.05, 4.69) is 9.56 Å². The average Bonchev–Trinajstić information content (AvgIpc) is 1.69. The monoisotopic (exact) mass is 119 g/mol. The van der Waals surface area contributed by atoms with E-state index in [0.717, 1.165) is 0 Å². The van der Waals surface area contributed by atoms with E-state index in [1.165, 1.54) is 6.26 Å². The van der Waals surface area contributed by atoms with Gasteiger partial charge in [0.2, 0.25) is 6.16 Å². The molecule has 0 aromatic rings. The molecule has 38 valence electrons. The summed E-state index contributed by atoms with van der Waals surface area (Å²) in [7, 11) is -1.55. The molecule has 1 rings (SSSR count). The van der Waals surface area contributed by atoms with Gasteiger partial charge >= 0.3 is 8.03 Å². The summed E-state index contributed by atoms with van der Waals surface area (Å²) in [6, 6.07) is 0. The van der Waals surface area contributed by atoms with Gasteiger partial charge in [-0.15, -0.1) is 0 Å². The van der Waals surface area contributed by atoms with Gasteiger partial charge in [-0.1, -0.05) is 0 Å². The molecule has 1 aliphatic heterocycles. The molecule has 0 saturated carbocycles. The summed E-state index contributed by atoms with van der Waals surface area (Å²) in [5, 5.41) is 0. The Labute approximate surface area is 41.7 Å². The Hall–Kier alpha value is -0.400. The number of rotatable bonds is 0. The fraction of sp³-hybridized carbons (Fsp3) is 0.333. The Balaban J connectivity index is 2.47. The second kappa shape index (κ2) is 2.05. The molecule has 0 N–H and O–H groups in total. The van der Waals surface area contributed by atoms with Gasteiger partial charge in [0.1, 0.15) is 6.26 Å². The summed E-state index contributed by atoms with van der Waals surface area (Å²) < 4.78 is 14.4. The molecule has 0 radical (unpaired) electrons. The van der Waals surface area contributed by atoms with Crippen molar-refractivity contribution in [1.29, 1.82) is 0 Å². The first-order chi connectivity index (χ1) is 3.39. The van der Waals surface area contributed by atoms with Gasteiger partial charge in [0.05, 0.1) is 4.67 Å². The van der Waals surface area contributed by atoms with E-state index < -0.39 is 8.03 Å². The molecule has 1 unspecified atom stereocenters. The normalized spacial score (nSPS) is 24.3. The molecular weight excluding hydrogens is 115 g/mol. The highest BCUT2D eigenvalue weighted by molar-refractivity contribution is 7.39. The lowest BCUT2D eigenvalue weighted by atomic mass is 10.7. The summed E-state index contributed by atoms with van der Waals surface area (Å²) in [6.45, 7) is 0. The smallest absolute Gasteiger partial charge is 0.301 e. The predicted molar refractivity (Wildman–Crippen MR) is 23.8 cm³/mol. The zero-order valence-corrected chi connectivity index (χ0v) is 4.43. The number of allylic oxidation sites excluding steroid dienone is 1. The Morgan fingerprint density at radius 1 is 1.71 bits per heavy atom. The van der Waals surface area contributed by atoms with Gasteiger partial charge in [-0.2, -0.15) is 0 Å². The lowest BCUT2D eigenvalue weighted by Crippen LogP contribution is -1.85. The highest BCUT2D eigenvalue weighted by Crippen LogP contribution is 2.25. The van der Waals surface area contributed by atoms with E-state index >= 15 is 0 Å². The SMILES string of the molecule is O=[P+]1CC=COO1. The van der Waals surface area contributed by atoms with E-state index in [-0.39, 0.29) is 0 Å². The van der Waals surface area contributed by atoms with Crippen LogP contribution in [0.1, 0.15) is 0 Å². The van der Waals surface area contributed by atoms with Gasteiger partial charge in [0.15, 0.2) is 0 Å². The number of hydrogen-bond donors (Lipinski definition) is 0. The van der Waals surface area contributed by atoms with Crippen LogP contribution in [0.4, 0.5) is 0 Å². The third kappa shape index (κ3) is 1.26. The molecule has 0 bridgehead atoms.